The van der Waals surface area contributed by atoms with Crippen LogP contribution in [0.4, 0.5) is 5.69 Å². The fourth-order valence-corrected chi connectivity index (χ4v) is 3.04. The summed E-state index contributed by atoms with van der Waals surface area (Å²) < 4.78 is 6.54. The number of hydrogen-bond donors (Lipinski definition) is 1. The zero-order valence-corrected chi connectivity index (χ0v) is 12.4. The summed E-state index contributed by atoms with van der Waals surface area (Å²) in [5, 5.41) is 10.5. The number of aromatic nitrogens is 1. The summed E-state index contributed by atoms with van der Waals surface area (Å²) in [6.07, 6.45) is 0. The Morgan fingerprint density at radius 3 is 2.91 bits per heavy atom. The molecule has 0 fully saturated rings. The van der Waals surface area contributed by atoms with Crippen LogP contribution in [0, 0.1) is 0 Å². The van der Waals surface area contributed by atoms with Crippen molar-refractivity contribution in [1.82, 2.24) is 4.57 Å². The lowest BCUT2D eigenvalue weighted by Gasteiger charge is -2.26. The Kier molecular flexibility index (Phi) is 3.45. The Bertz CT molecular complexity index is 823. The number of thiazole rings is 1. The maximum Gasteiger partial charge on any atom is 0.323 e. The first-order valence-electron chi connectivity index (χ1n) is 6.41. The van der Waals surface area contributed by atoms with Gasteiger partial charge in [0, 0.05) is 18.0 Å². The molecule has 22 heavy (non-hydrogen) atoms. The van der Waals surface area contributed by atoms with E-state index in [9.17, 15) is 14.4 Å². The number of aliphatic carboxylic acids is 1. The SMILES string of the molecule is CN1C(=O)COc2ccc(-c3csc(=O)n3CC(=O)O)cc21. The molecule has 1 amide bonds. The zero-order chi connectivity index (χ0) is 15.9. The molecule has 1 aliphatic heterocycles. The monoisotopic (exact) mass is 320 g/mol. The quantitative estimate of drug-likeness (QED) is 0.912. The van der Waals surface area contributed by atoms with Gasteiger partial charge in [0.25, 0.3) is 5.91 Å². The summed E-state index contributed by atoms with van der Waals surface area (Å²) in [4.78, 5) is 35.5. The van der Waals surface area contributed by atoms with Crippen molar-refractivity contribution in [2.24, 2.45) is 0 Å². The van der Waals surface area contributed by atoms with Crippen LogP contribution in [0.1, 0.15) is 0 Å². The molecule has 1 aliphatic rings. The van der Waals surface area contributed by atoms with Gasteiger partial charge in [0.05, 0.1) is 11.4 Å². The molecule has 1 aromatic carbocycles. The Morgan fingerprint density at radius 2 is 2.18 bits per heavy atom. The van der Waals surface area contributed by atoms with Crippen LogP contribution < -0.4 is 14.5 Å². The number of amides is 1. The standard InChI is InChI=1S/C14H12N2O5S/c1-15-9-4-8(2-3-11(9)21-6-12(15)17)10-7-22-14(20)16(10)5-13(18)19/h2-4,7H,5-6H2,1H3,(H,18,19). The molecular weight excluding hydrogens is 308 g/mol. The molecule has 0 saturated heterocycles. The van der Waals surface area contributed by atoms with Gasteiger partial charge in [-0.1, -0.05) is 11.3 Å². The molecule has 0 atom stereocenters. The van der Waals surface area contributed by atoms with Crippen molar-refractivity contribution in [2.45, 2.75) is 6.54 Å². The van der Waals surface area contributed by atoms with Crippen LogP contribution in [0.5, 0.6) is 5.75 Å². The minimum atomic E-state index is -1.09. The molecular formula is C14H12N2O5S. The summed E-state index contributed by atoms with van der Waals surface area (Å²) in [7, 11) is 1.64. The number of fused-ring (bicyclic) bond motifs is 1. The number of likely N-dealkylation sites (N-methyl/N-ethyl adjacent to an activating group) is 1. The second-order valence-corrected chi connectivity index (χ2v) is 5.61. The molecule has 3 rings (SSSR count). The van der Waals surface area contributed by atoms with E-state index in [1.165, 1.54) is 9.47 Å². The second kappa shape index (κ2) is 5.30. The zero-order valence-electron chi connectivity index (χ0n) is 11.6. The highest BCUT2D eigenvalue weighted by atomic mass is 32.1. The lowest BCUT2D eigenvalue weighted by Crippen LogP contribution is -2.35. The van der Waals surface area contributed by atoms with Crippen LogP contribution in [0.15, 0.2) is 28.4 Å². The van der Waals surface area contributed by atoms with Crippen LogP contribution in [0.2, 0.25) is 0 Å². The molecule has 7 nitrogen and oxygen atoms in total. The number of carboxylic acids is 1. The van der Waals surface area contributed by atoms with Gasteiger partial charge in [0.1, 0.15) is 12.3 Å². The van der Waals surface area contributed by atoms with E-state index in [2.05, 4.69) is 0 Å². The van der Waals surface area contributed by atoms with E-state index >= 15 is 0 Å². The highest BCUT2D eigenvalue weighted by Crippen LogP contribution is 2.35. The number of benzene rings is 1. The van der Waals surface area contributed by atoms with Crippen LogP contribution >= 0.6 is 11.3 Å². The van der Waals surface area contributed by atoms with Crippen molar-refractivity contribution in [1.29, 1.82) is 0 Å². The van der Waals surface area contributed by atoms with Crippen molar-refractivity contribution < 1.29 is 19.4 Å². The Hall–Kier alpha value is -2.61. The van der Waals surface area contributed by atoms with Gasteiger partial charge >= 0.3 is 10.8 Å². The topological polar surface area (TPSA) is 88.8 Å². The molecule has 0 radical (unpaired) electrons. The molecule has 0 saturated carbocycles. The normalized spacial score (nSPS) is 13.7. The minimum absolute atomic E-state index is 0.00891. The Labute approximate surface area is 129 Å². The first kappa shape index (κ1) is 14.3. The van der Waals surface area contributed by atoms with Gasteiger partial charge in [0.2, 0.25) is 0 Å². The number of carbonyl (C=O) groups excluding carboxylic acids is 1. The lowest BCUT2D eigenvalue weighted by molar-refractivity contribution is -0.137. The lowest BCUT2D eigenvalue weighted by atomic mass is 10.1. The van der Waals surface area contributed by atoms with E-state index in [1.54, 1.807) is 30.6 Å². The third-order valence-corrected chi connectivity index (χ3v) is 4.18. The summed E-state index contributed by atoms with van der Waals surface area (Å²) in [5.41, 5.74) is 1.75. The molecule has 0 aliphatic carbocycles. The van der Waals surface area contributed by atoms with Crippen molar-refractivity contribution in [3.8, 4) is 17.0 Å². The maximum absolute atomic E-state index is 11.8. The van der Waals surface area contributed by atoms with E-state index in [0.29, 0.717) is 22.7 Å². The number of hydrogen-bond acceptors (Lipinski definition) is 5. The Balaban J connectivity index is 2.09. The van der Waals surface area contributed by atoms with Crippen LogP contribution in [0.25, 0.3) is 11.3 Å². The molecule has 0 bridgehead atoms. The minimum Gasteiger partial charge on any atom is -0.482 e. The summed E-state index contributed by atoms with van der Waals surface area (Å²) in [6, 6.07) is 5.16. The van der Waals surface area contributed by atoms with Crippen molar-refractivity contribution in [3.05, 3.63) is 33.2 Å². The van der Waals surface area contributed by atoms with Gasteiger partial charge in [0.15, 0.2) is 6.61 Å². The number of rotatable bonds is 3. The van der Waals surface area contributed by atoms with Gasteiger partial charge in [-0.05, 0) is 18.2 Å². The van der Waals surface area contributed by atoms with Crippen molar-refractivity contribution in [3.63, 3.8) is 0 Å². The molecule has 0 spiro atoms. The van der Waals surface area contributed by atoms with Crippen molar-refractivity contribution in [2.75, 3.05) is 18.6 Å². The molecule has 114 valence electrons. The first-order chi connectivity index (χ1) is 10.5. The molecule has 1 N–H and O–H groups in total. The van der Waals surface area contributed by atoms with Crippen LogP contribution in [-0.2, 0) is 16.1 Å². The molecule has 2 heterocycles. The van der Waals surface area contributed by atoms with Gasteiger partial charge < -0.3 is 14.7 Å². The number of carbonyl (C=O) groups is 2. The first-order valence-corrected chi connectivity index (χ1v) is 7.29. The van der Waals surface area contributed by atoms with E-state index in [0.717, 1.165) is 11.3 Å². The van der Waals surface area contributed by atoms with Crippen LogP contribution in [-0.4, -0.2) is 35.2 Å². The van der Waals surface area contributed by atoms with Crippen LogP contribution in [0.3, 0.4) is 0 Å². The summed E-state index contributed by atoms with van der Waals surface area (Å²) in [6.45, 7) is -0.412. The van der Waals surface area contributed by atoms with Gasteiger partial charge in [-0.2, -0.15) is 0 Å². The second-order valence-electron chi connectivity index (χ2n) is 4.79. The molecule has 1 aromatic heterocycles. The fourth-order valence-electron chi connectivity index (χ4n) is 2.27. The number of anilines is 1. The van der Waals surface area contributed by atoms with Gasteiger partial charge in [-0.3, -0.25) is 19.0 Å². The van der Waals surface area contributed by atoms with E-state index in [4.69, 9.17) is 9.84 Å². The van der Waals surface area contributed by atoms with Crippen molar-refractivity contribution >= 4 is 28.9 Å². The predicted octanol–water partition coefficient (Wildman–Crippen LogP) is 1.02. The average Bonchev–Trinajstić information content (AvgIpc) is 2.83. The molecule has 0 unspecified atom stereocenters. The fraction of sp³-hybridized carbons (Fsp3) is 0.214. The van der Waals surface area contributed by atoms with Gasteiger partial charge in [-0.25, -0.2) is 0 Å². The largest absolute Gasteiger partial charge is 0.482 e. The third-order valence-electron chi connectivity index (χ3n) is 3.42. The highest BCUT2D eigenvalue weighted by molar-refractivity contribution is 7.07. The average molecular weight is 320 g/mol. The number of nitrogens with zero attached hydrogens (tertiary/aromatic N) is 2. The molecule has 8 heteroatoms. The van der Waals surface area contributed by atoms with E-state index in [-0.39, 0.29) is 17.4 Å². The Morgan fingerprint density at radius 1 is 1.41 bits per heavy atom. The third kappa shape index (κ3) is 2.37. The maximum atomic E-state index is 11.8. The molecule has 2 aromatic rings. The summed E-state index contributed by atoms with van der Waals surface area (Å²) >= 11 is 0.939. The van der Waals surface area contributed by atoms with E-state index in [1.807, 2.05) is 0 Å². The number of carboxylic acid groups (broad SMARTS) is 1. The number of ether oxygens (including phenoxy) is 1. The smallest absolute Gasteiger partial charge is 0.323 e. The van der Waals surface area contributed by atoms with Gasteiger partial charge in [-0.15, -0.1) is 0 Å². The highest BCUT2D eigenvalue weighted by Gasteiger charge is 2.23. The predicted molar refractivity (Wildman–Crippen MR) is 80.6 cm³/mol. The van der Waals surface area contributed by atoms with E-state index < -0.39 is 12.5 Å². The summed E-state index contributed by atoms with van der Waals surface area (Å²) in [5.74, 6) is -0.679.